The first-order valence-electron chi connectivity index (χ1n) is 4.23. The number of carbonyl (C=O) groups is 2. The molecule has 0 atom stereocenters. The van der Waals surface area contributed by atoms with Gasteiger partial charge in [-0.2, -0.15) is 0 Å². The molecule has 0 aliphatic heterocycles. The lowest BCUT2D eigenvalue weighted by molar-refractivity contribution is -0.402. The second kappa shape index (κ2) is 4.91. The van der Waals surface area contributed by atoms with Gasteiger partial charge in [0.15, 0.2) is 5.76 Å². The summed E-state index contributed by atoms with van der Waals surface area (Å²) in [6.45, 7) is -0.129. The minimum absolute atomic E-state index is 0.129. The maximum absolute atomic E-state index is 11.2. The average molecular weight is 227 g/mol. The zero-order valence-electron chi connectivity index (χ0n) is 7.97. The highest BCUT2D eigenvalue weighted by Gasteiger charge is 2.16. The number of hydrogen-bond donors (Lipinski definition) is 1. The third-order valence-electron chi connectivity index (χ3n) is 1.61. The van der Waals surface area contributed by atoms with E-state index in [0.717, 1.165) is 12.1 Å². The van der Waals surface area contributed by atoms with Crippen LogP contribution >= 0.6 is 0 Å². The van der Waals surface area contributed by atoms with Gasteiger partial charge in [0.05, 0.1) is 6.07 Å². The van der Waals surface area contributed by atoms with Crippen LogP contribution in [0, 0.1) is 10.1 Å². The highest BCUT2D eigenvalue weighted by molar-refractivity contribution is 5.91. The van der Waals surface area contributed by atoms with E-state index >= 15 is 0 Å². The molecule has 1 N–H and O–H groups in total. The minimum atomic E-state index is -1.30. The SMILES string of the molecule is O=C([O-])CCNC(=O)c1ccc([N+](=O)[O-])o1. The van der Waals surface area contributed by atoms with E-state index in [-0.39, 0.29) is 18.7 Å². The van der Waals surface area contributed by atoms with Crippen LogP contribution in [0.5, 0.6) is 0 Å². The Morgan fingerprint density at radius 2 is 2.12 bits per heavy atom. The van der Waals surface area contributed by atoms with Crippen molar-refractivity contribution >= 4 is 17.8 Å². The van der Waals surface area contributed by atoms with Crippen molar-refractivity contribution in [2.45, 2.75) is 6.42 Å². The van der Waals surface area contributed by atoms with Crippen molar-refractivity contribution in [3.05, 3.63) is 28.0 Å². The lowest BCUT2D eigenvalue weighted by Crippen LogP contribution is -2.30. The number of nitrogens with zero attached hydrogens (tertiary/aromatic N) is 1. The number of nitrogens with one attached hydrogen (secondary N) is 1. The van der Waals surface area contributed by atoms with Crippen molar-refractivity contribution in [2.24, 2.45) is 0 Å². The molecule has 1 heterocycles. The van der Waals surface area contributed by atoms with Crippen LogP contribution in [0.2, 0.25) is 0 Å². The molecule has 0 radical (unpaired) electrons. The number of carbonyl (C=O) groups excluding carboxylic acids is 2. The molecule has 0 bridgehead atoms. The Kier molecular flexibility index (Phi) is 3.59. The van der Waals surface area contributed by atoms with Gasteiger partial charge in [0.2, 0.25) is 0 Å². The molecule has 1 aromatic heterocycles. The summed E-state index contributed by atoms with van der Waals surface area (Å²) in [6, 6.07) is 2.17. The molecule has 1 rings (SSSR count). The summed E-state index contributed by atoms with van der Waals surface area (Å²) in [7, 11) is 0. The fraction of sp³-hybridized carbons (Fsp3) is 0.250. The third-order valence-corrected chi connectivity index (χ3v) is 1.61. The lowest BCUT2D eigenvalue weighted by atomic mass is 10.4. The van der Waals surface area contributed by atoms with Gasteiger partial charge in [0, 0.05) is 18.9 Å². The van der Waals surface area contributed by atoms with Crippen LogP contribution in [-0.4, -0.2) is 23.3 Å². The Balaban J connectivity index is 2.53. The van der Waals surface area contributed by atoms with Crippen LogP contribution in [0.25, 0.3) is 0 Å². The summed E-state index contributed by atoms with van der Waals surface area (Å²) >= 11 is 0. The predicted octanol–water partition coefficient (Wildman–Crippen LogP) is -0.942. The molecular formula is C8H7N2O6-. The molecule has 8 nitrogen and oxygen atoms in total. The molecule has 0 aliphatic carbocycles. The molecule has 0 saturated carbocycles. The standard InChI is InChI=1S/C8H8N2O6/c11-7(12)3-4-9-8(13)5-1-2-6(16-5)10(14)15/h1-2H,3-4H2,(H,9,13)(H,11,12)/p-1. The Morgan fingerprint density at radius 3 is 2.62 bits per heavy atom. The number of nitro groups is 1. The number of carboxylic acids is 1. The van der Waals surface area contributed by atoms with Crippen molar-refractivity contribution in [3.63, 3.8) is 0 Å². The van der Waals surface area contributed by atoms with Crippen LogP contribution < -0.4 is 10.4 Å². The average Bonchev–Trinajstić information content (AvgIpc) is 2.65. The summed E-state index contributed by atoms with van der Waals surface area (Å²) in [5.41, 5.74) is 0. The second-order valence-electron chi connectivity index (χ2n) is 2.77. The minimum Gasteiger partial charge on any atom is -0.550 e. The van der Waals surface area contributed by atoms with E-state index in [1.54, 1.807) is 0 Å². The Hall–Kier alpha value is -2.38. The first-order valence-corrected chi connectivity index (χ1v) is 4.23. The van der Waals surface area contributed by atoms with Gasteiger partial charge in [-0.25, -0.2) is 0 Å². The van der Waals surface area contributed by atoms with Crippen molar-refractivity contribution in [1.82, 2.24) is 5.32 Å². The molecular weight excluding hydrogens is 220 g/mol. The van der Waals surface area contributed by atoms with E-state index in [9.17, 15) is 24.8 Å². The quantitative estimate of drug-likeness (QED) is 0.510. The Bertz CT molecular complexity index is 424. The summed E-state index contributed by atoms with van der Waals surface area (Å²) in [5, 5.41) is 22.5. The first kappa shape index (κ1) is 11.7. The van der Waals surface area contributed by atoms with E-state index in [1.807, 2.05) is 0 Å². The Labute approximate surface area is 89.0 Å². The van der Waals surface area contributed by atoms with Crippen molar-refractivity contribution in [2.75, 3.05) is 6.54 Å². The van der Waals surface area contributed by atoms with Gasteiger partial charge in [-0.15, -0.1) is 0 Å². The maximum Gasteiger partial charge on any atom is 0.433 e. The summed E-state index contributed by atoms with van der Waals surface area (Å²) in [5.74, 6) is -2.81. The summed E-state index contributed by atoms with van der Waals surface area (Å²) in [6.07, 6.45) is -0.339. The van der Waals surface area contributed by atoms with Gasteiger partial charge in [0.25, 0.3) is 5.91 Å². The molecule has 16 heavy (non-hydrogen) atoms. The molecule has 0 fully saturated rings. The maximum atomic E-state index is 11.2. The fourth-order valence-electron chi connectivity index (χ4n) is 0.913. The summed E-state index contributed by atoms with van der Waals surface area (Å²) in [4.78, 5) is 30.7. The number of aliphatic carboxylic acids is 1. The monoisotopic (exact) mass is 227 g/mol. The fourth-order valence-corrected chi connectivity index (χ4v) is 0.913. The van der Waals surface area contributed by atoms with E-state index in [0.29, 0.717) is 0 Å². The van der Waals surface area contributed by atoms with Crippen LogP contribution in [0.4, 0.5) is 5.88 Å². The molecule has 1 amide bonds. The normalized spacial score (nSPS) is 9.75. The van der Waals surface area contributed by atoms with Gasteiger partial charge in [-0.3, -0.25) is 14.9 Å². The van der Waals surface area contributed by atoms with Gasteiger partial charge in [-0.05, 0) is 6.07 Å². The lowest BCUT2D eigenvalue weighted by Gasteiger charge is -2.02. The molecule has 0 aliphatic rings. The van der Waals surface area contributed by atoms with Gasteiger partial charge in [-0.1, -0.05) is 0 Å². The van der Waals surface area contributed by atoms with Crippen molar-refractivity contribution < 1.29 is 24.0 Å². The van der Waals surface area contributed by atoms with Crippen LogP contribution in [0.1, 0.15) is 17.0 Å². The number of rotatable bonds is 5. The molecule has 86 valence electrons. The highest BCUT2D eigenvalue weighted by Crippen LogP contribution is 2.15. The van der Waals surface area contributed by atoms with E-state index in [2.05, 4.69) is 9.73 Å². The van der Waals surface area contributed by atoms with Crippen LogP contribution in [0.15, 0.2) is 16.5 Å². The smallest absolute Gasteiger partial charge is 0.433 e. The second-order valence-corrected chi connectivity index (χ2v) is 2.77. The third kappa shape index (κ3) is 3.08. The number of hydrogen-bond acceptors (Lipinski definition) is 6. The number of carboxylic acid groups (broad SMARTS) is 1. The van der Waals surface area contributed by atoms with Crippen LogP contribution in [0.3, 0.4) is 0 Å². The van der Waals surface area contributed by atoms with Crippen molar-refractivity contribution in [3.8, 4) is 0 Å². The largest absolute Gasteiger partial charge is 0.550 e. The molecule has 0 spiro atoms. The highest BCUT2D eigenvalue weighted by atomic mass is 16.6. The van der Waals surface area contributed by atoms with Gasteiger partial charge < -0.3 is 19.6 Å². The molecule has 0 saturated heterocycles. The Morgan fingerprint density at radius 1 is 1.44 bits per heavy atom. The van der Waals surface area contributed by atoms with Crippen molar-refractivity contribution in [1.29, 1.82) is 0 Å². The molecule has 1 aromatic rings. The zero-order valence-corrected chi connectivity index (χ0v) is 7.97. The zero-order chi connectivity index (χ0) is 12.1. The molecule has 8 heteroatoms. The number of furan rings is 1. The van der Waals surface area contributed by atoms with Gasteiger partial charge in [0.1, 0.15) is 4.92 Å². The molecule has 0 aromatic carbocycles. The predicted molar refractivity (Wildman–Crippen MR) is 47.3 cm³/mol. The van der Waals surface area contributed by atoms with E-state index in [1.165, 1.54) is 0 Å². The van der Waals surface area contributed by atoms with E-state index < -0.39 is 22.7 Å². The number of amides is 1. The summed E-state index contributed by atoms with van der Waals surface area (Å²) < 4.78 is 4.59. The molecule has 0 unspecified atom stereocenters. The topological polar surface area (TPSA) is 126 Å². The van der Waals surface area contributed by atoms with E-state index in [4.69, 9.17) is 0 Å². The van der Waals surface area contributed by atoms with Gasteiger partial charge >= 0.3 is 5.88 Å². The first-order chi connectivity index (χ1) is 7.50. The van der Waals surface area contributed by atoms with Crippen LogP contribution in [-0.2, 0) is 4.79 Å².